The van der Waals surface area contributed by atoms with Crippen LogP contribution in [0.1, 0.15) is 17.0 Å². The highest BCUT2D eigenvalue weighted by Crippen LogP contribution is 2.23. The van der Waals surface area contributed by atoms with Crippen LogP contribution in [0.4, 0.5) is 5.69 Å². The van der Waals surface area contributed by atoms with E-state index in [0.29, 0.717) is 17.7 Å². The zero-order chi connectivity index (χ0) is 13.7. The molecular weight excluding hydrogens is 242 g/mol. The maximum absolute atomic E-state index is 11.4. The standard InChI is InChI=1S/C15H13NO3/c17-15(18)14(10-11-4-2-1-3-5-11)12-6-8-13(16-19)9-7-12/h1-9,14H,10H2,(H,17,18). The van der Waals surface area contributed by atoms with Gasteiger partial charge in [-0.1, -0.05) is 42.5 Å². The lowest BCUT2D eigenvalue weighted by Crippen LogP contribution is -2.14. The Bertz CT molecular complexity index is 564. The van der Waals surface area contributed by atoms with E-state index >= 15 is 0 Å². The molecule has 4 nitrogen and oxygen atoms in total. The number of carbonyl (C=O) groups is 1. The van der Waals surface area contributed by atoms with Gasteiger partial charge in [-0.2, -0.15) is 0 Å². The molecule has 1 atom stereocenters. The van der Waals surface area contributed by atoms with Gasteiger partial charge in [0.15, 0.2) is 0 Å². The fraction of sp³-hybridized carbons (Fsp3) is 0.133. The minimum atomic E-state index is -0.879. The molecule has 0 bridgehead atoms. The summed E-state index contributed by atoms with van der Waals surface area (Å²) in [5.74, 6) is -1.50. The van der Waals surface area contributed by atoms with Crippen LogP contribution in [-0.4, -0.2) is 11.1 Å². The number of carboxylic acid groups (broad SMARTS) is 1. The van der Waals surface area contributed by atoms with Gasteiger partial charge in [0.05, 0.1) is 5.92 Å². The number of benzene rings is 2. The van der Waals surface area contributed by atoms with E-state index in [1.165, 1.54) is 12.1 Å². The van der Waals surface area contributed by atoms with Crippen molar-refractivity contribution in [3.05, 3.63) is 70.6 Å². The summed E-state index contributed by atoms with van der Waals surface area (Å²) in [7, 11) is 0. The number of nitroso groups, excluding NO2 is 1. The quantitative estimate of drug-likeness (QED) is 0.831. The molecule has 2 aromatic carbocycles. The van der Waals surface area contributed by atoms with Crippen molar-refractivity contribution < 1.29 is 9.90 Å². The average molecular weight is 255 g/mol. The van der Waals surface area contributed by atoms with Crippen LogP contribution in [0, 0.1) is 4.91 Å². The van der Waals surface area contributed by atoms with Gasteiger partial charge in [0, 0.05) is 0 Å². The molecule has 0 heterocycles. The van der Waals surface area contributed by atoms with Crippen molar-refractivity contribution in [1.82, 2.24) is 0 Å². The number of carboxylic acids is 1. The van der Waals surface area contributed by atoms with E-state index in [0.717, 1.165) is 5.56 Å². The van der Waals surface area contributed by atoms with Crippen LogP contribution < -0.4 is 0 Å². The highest BCUT2D eigenvalue weighted by molar-refractivity contribution is 5.76. The molecular formula is C15H13NO3. The van der Waals surface area contributed by atoms with Gasteiger partial charge >= 0.3 is 5.97 Å². The summed E-state index contributed by atoms with van der Waals surface area (Å²) in [6, 6.07) is 15.8. The number of rotatable bonds is 5. The van der Waals surface area contributed by atoms with Gasteiger partial charge in [-0.25, -0.2) is 0 Å². The van der Waals surface area contributed by atoms with E-state index < -0.39 is 11.9 Å². The molecule has 0 amide bonds. The normalized spacial score (nSPS) is 11.8. The summed E-state index contributed by atoms with van der Waals surface area (Å²) in [6.45, 7) is 0. The number of hydrogen-bond donors (Lipinski definition) is 1. The summed E-state index contributed by atoms with van der Waals surface area (Å²) < 4.78 is 0. The fourth-order valence-corrected chi connectivity index (χ4v) is 1.97. The number of aliphatic carboxylic acids is 1. The molecule has 19 heavy (non-hydrogen) atoms. The second-order valence-corrected chi connectivity index (χ2v) is 4.26. The smallest absolute Gasteiger partial charge is 0.311 e. The molecule has 2 aromatic rings. The molecule has 0 saturated heterocycles. The largest absolute Gasteiger partial charge is 0.481 e. The maximum atomic E-state index is 11.4. The van der Waals surface area contributed by atoms with Crippen molar-refractivity contribution in [2.24, 2.45) is 5.18 Å². The summed E-state index contributed by atoms with van der Waals surface area (Å²) in [5, 5.41) is 12.1. The molecule has 96 valence electrons. The van der Waals surface area contributed by atoms with E-state index in [1.54, 1.807) is 12.1 Å². The van der Waals surface area contributed by atoms with E-state index in [1.807, 2.05) is 30.3 Å². The number of nitrogens with zero attached hydrogens (tertiary/aromatic N) is 1. The first-order valence-electron chi connectivity index (χ1n) is 5.91. The molecule has 4 heteroatoms. The van der Waals surface area contributed by atoms with Crippen molar-refractivity contribution in [2.45, 2.75) is 12.3 Å². The molecule has 0 aliphatic heterocycles. The van der Waals surface area contributed by atoms with Gasteiger partial charge in [0.1, 0.15) is 5.69 Å². The first kappa shape index (κ1) is 13.0. The molecule has 0 spiro atoms. The zero-order valence-corrected chi connectivity index (χ0v) is 10.2. The minimum Gasteiger partial charge on any atom is -0.481 e. The van der Waals surface area contributed by atoms with Gasteiger partial charge < -0.3 is 5.11 Å². The van der Waals surface area contributed by atoms with E-state index in [4.69, 9.17) is 0 Å². The lowest BCUT2D eigenvalue weighted by Gasteiger charge is -2.12. The van der Waals surface area contributed by atoms with Crippen LogP contribution in [0.25, 0.3) is 0 Å². The molecule has 1 unspecified atom stereocenters. The second-order valence-electron chi connectivity index (χ2n) is 4.26. The first-order valence-corrected chi connectivity index (χ1v) is 5.91. The Hall–Kier alpha value is -2.49. The second kappa shape index (κ2) is 5.91. The highest BCUT2D eigenvalue weighted by Gasteiger charge is 2.20. The Morgan fingerprint density at radius 1 is 1.05 bits per heavy atom. The summed E-state index contributed by atoms with van der Waals surface area (Å²) in [5.41, 5.74) is 1.93. The Kier molecular flexibility index (Phi) is 4.03. The van der Waals surface area contributed by atoms with Crippen molar-refractivity contribution >= 4 is 11.7 Å². The molecule has 0 aliphatic rings. The summed E-state index contributed by atoms with van der Waals surface area (Å²) in [4.78, 5) is 21.7. The van der Waals surface area contributed by atoms with E-state index in [2.05, 4.69) is 5.18 Å². The number of hydrogen-bond acceptors (Lipinski definition) is 3. The summed E-state index contributed by atoms with van der Waals surface area (Å²) >= 11 is 0. The topological polar surface area (TPSA) is 66.7 Å². The first-order chi connectivity index (χ1) is 9.20. The van der Waals surface area contributed by atoms with Crippen LogP contribution in [0.3, 0.4) is 0 Å². The average Bonchev–Trinajstić information content (AvgIpc) is 2.46. The Labute approximate surface area is 110 Å². The Morgan fingerprint density at radius 3 is 2.21 bits per heavy atom. The van der Waals surface area contributed by atoms with Gasteiger partial charge in [-0.3, -0.25) is 4.79 Å². The van der Waals surface area contributed by atoms with Crippen LogP contribution in [-0.2, 0) is 11.2 Å². The third-order valence-corrected chi connectivity index (χ3v) is 2.98. The van der Waals surface area contributed by atoms with E-state index in [-0.39, 0.29) is 0 Å². The highest BCUT2D eigenvalue weighted by atomic mass is 16.4. The minimum absolute atomic E-state index is 0.299. The molecule has 0 radical (unpaired) electrons. The predicted octanol–water partition coefficient (Wildman–Crippen LogP) is 3.50. The van der Waals surface area contributed by atoms with E-state index in [9.17, 15) is 14.8 Å². The van der Waals surface area contributed by atoms with Gasteiger partial charge in [0.2, 0.25) is 0 Å². The molecule has 0 aromatic heterocycles. The monoisotopic (exact) mass is 255 g/mol. The van der Waals surface area contributed by atoms with Gasteiger partial charge in [-0.05, 0) is 34.9 Å². The summed E-state index contributed by atoms with van der Waals surface area (Å²) in [6.07, 6.45) is 0.421. The van der Waals surface area contributed by atoms with Gasteiger partial charge in [-0.15, -0.1) is 4.91 Å². The van der Waals surface area contributed by atoms with Crippen LogP contribution >= 0.6 is 0 Å². The Balaban J connectivity index is 2.24. The van der Waals surface area contributed by atoms with Crippen LogP contribution in [0.2, 0.25) is 0 Å². The molecule has 0 saturated carbocycles. The predicted molar refractivity (Wildman–Crippen MR) is 72.4 cm³/mol. The molecule has 2 rings (SSSR count). The third-order valence-electron chi connectivity index (χ3n) is 2.98. The maximum Gasteiger partial charge on any atom is 0.311 e. The SMILES string of the molecule is O=Nc1ccc(C(Cc2ccccc2)C(=O)O)cc1. The third kappa shape index (κ3) is 3.25. The van der Waals surface area contributed by atoms with Crippen LogP contribution in [0.5, 0.6) is 0 Å². The van der Waals surface area contributed by atoms with Crippen molar-refractivity contribution in [3.63, 3.8) is 0 Å². The molecule has 1 N–H and O–H groups in total. The Morgan fingerprint density at radius 2 is 1.68 bits per heavy atom. The molecule has 0 fully saturated rings. The van der Waals surface area contributed by atoms with Crippen LogP contribution in [0.15, 0.2) is 59.8 Å². The fourth-order valence-electron chi connectivity index (χ4n) is 1.97. The molecule has 0 aliphatic carbocycles. The zero-order valence-electron chi connectivity index (χ0n) is 10.2. The lowest BCUT2D eigenvalue weighted by molar-refractivity contribution is -0.138. The van der Waals surface area contributed by atoms with Crippen molar-refractivity contribution in [1.29, 1.82) is 0 Å². The van der Waals surface area contributed by atoms with Crippen molar-refractivity contribution in [2.75, 3.05) is 0 Å². The van der Waals surface area contributed by atoms with Gasteiger partial charge in [0.25, 0.3) is 0 Å². The van der Waals surface area contributed by atoms with Crippen molar-refractivity contribution in [3.8, 4) is 0 Å². The lowest BCUT2D eigenvalue weighted by atomic mass is 9.92.